The first-order valence-corrected chi connectivity index (χ1v) is 36.1. The Hall–Kier alpha value is -1.86. The van der Waals surface area contributed by atoms with E-state index in [4.69, 9.17) is 14.2 Å². The monoisotopic (exact) mass is 1180 g/mol. The number of hydrogen-bond donors (Lipinski definition) is 6. The van der Waals surface area contributed by atoms with Crippen LogP contribution in [0.15, 0.2) is 24.3 Å². The molecule has 11 nitrogen and oxygen atoms in total. The lowest BCUT2D eigenvalue weighted by molar-refractivity contribution is -0.305. The SMILES string of the molecule is CCCCCCCC/C=C/CCCCCCCCCCCCC(O)C(=O)NC(COC1OC(CO)C(O)C(O)C1OC(=O)CCCCCCCCCCCCCCCCCCCCCCCCC)C(O)/C=C/CCCCCCCCCCC. The predicted octanol–water partition coefficient (Wildman–Crippen LogP) is 18.4. The number of rotatable bonds is 63. The van der Waals surface area contributed by atoms with Gasteiger partial charge in [-0.15, -0.1) is 0 Å². The summed E-state index contributed by atoms with van der Waals surface area (Å²) >= 11 is 0. The molecule has 0 aliphatic carbocycles. The number of esters is 1. The van der Waals surface area contributed by atoms with Crippen LogP contribution < -0.4 is 5.32 Å². The molecule has 0 aromatic carbocycles. The smallest absolute Gasteiger partial charge is 0.306 e. The number of nitrogens with one attached hydrogen (secondary N) is 1. The number of carbonyl (C=O) groups is 2. The lowest BCUT2D eigenvalue weighted by Crippen LogP contribution is -2.61. The molecule has 83 heavy (non-hydrogen) atoms. The predicted molar refractivity (Wildman–Crippen MR) is 348 cm³/mol. The second-order valence-corrected chi connectivity index (χ2v) is 25.3. The van der Waals surface area contributed by atoms with Crippen LogP contribution in [0.2, 0.25) is 0 Å². The van der Waals surface area contributed by atoms with Crippen LogP contribution in [-0.4, -0.2) is 99.6 Å². The maximum absolute atomic E-state index is 13.5. The molecule has 8 unspecified atom stereocenters. The van der Waals surface area contributed by atoms with Crippen LogP contribution in [0.4, 0.5) is 0 Å². The quantitative estimate of drug-likeness (QED) is 0.0195. The lowest BCUT2D eigenvalue weighted by Gasteiger charge is -2.41. The fourth-order valence-electron chi connectivity index (χ4n) is 11.7. The van der Waals surface area contributed by atoms with Crippen LogP contribution in [0.25, 0.3) is 0 Å². The van der Waals surface area contributed by atoms with Gasteiger partial charge in [0.2, 0.25) is 5.91 Å². The molecule has 1 fully saturated rings. The van der Waals surface area contributed by atoms with Crippen molar-refractivity contribution in [2.45, 2.75) is 410 Å². The van der Waals surface area contributed by atoms with Crippen molar-refractivity contribution in [1.82, 2.24) is 5.32 Å². The molecule has 1 aliphatic rings. The molecule has 490 valence electrons. The van der Waals surface area contributed by atoms with Gasteiger partial charge in [0.15, 0.2) is 12.4 Å². The van der Waals surface area contributed by atoms with Crippen molar-refractivity contribution < 1.29 is 49.3 Å². The van der Waals surface area contributed by atoms with Crippen molar-refractivity contribution in [3.63, 3.8) is 0 Å². The van der Waals surface area contributed by atoms with E-state index in [1.807, 2.05) is 6.08 Å². The maximum atomic E-state index is 13.5. The Balaban J connectivity index is 2.54. The summed E-state index contributed by atoms with van der Waals surface area (Å²) in [6.07, 6.45) is 62.3. The Morgan fingerprint density at radius 1 is 0.458 bits per heavy atom. The first-order chi connectivity index (χ1) is 40.7. The zero-order chi connectivity index (χ0) is 60.3. The number of amides is 1. The van der Waals surface area contributed by atoms with Crippen molar-refractivity contribution in [2.75, 3.05) is 13.2 Å². The number of carbonyl (C=O) groups excluding carboxylic acids is 2. The molecule has 0 radical (unpaired) electrons. The van der Waals surface area contributed by atoms with Crippen LogP contribution in [-0.2, 0) is 23.8 Å². The minimum absolute atomic E-state index is 0.131. The maximum Gasteiger partial charge on any atom is 0.306 e. The Morgan fingerprint density at radius 2 is 0.795 bits per heavy atom. The van der Waals surface area contributed by atoms with Gasteiger partial charge < -0.3 is 45.1 Å². The molecule has 0 spiro atoms. The summed E-state index contributed by atoms with van der Waals surface area (Å²) in [5.41, 5.74) is 0. The second kappa shape index (κ2) is 60.4. The summed E-state index contributed by atoms with van der Waals surface area (Å²) < 4.78 is 17.7. The van der Waals surface area contributed by atoms with Crippen LogP contribution in [0.1, 0.15) is 361 Å². The number of aliphatic hydroxyl groups is 5. The third-order valence-electron chi connectivity index (χ3n) is 17.4. The molecule has 11 heteroatoms. The van der Waals surface area contributed by atoms with Gasteiger partial charge in [-0.1, -0.05) is 328 Å². The highest BCUT2D eigenvalue weighted by atomic mass is 16.7. The Morgan fingerprint density at radius 3 is 1.17 bits per heavy atom. The summed E-state index contributed by atoms with van der Waals surface area (Å²) in [5, 5.41) is 57.2. The normalized spacial score (nSPS) is 18.6. The summed E-state index contributed by atoms with van der Waals surface area (Å²) in [4.78, 5) is 26.7. The molecular formula is C72H137NO10. The molecule has 0 aromatic rings. The van der Waals surface area contributed by atoms with E-state index >= 15 is 0 Å². The third-order valence-corrected chi connectivity index (χ3v) is 17.4. The Labute approximate surface area is 511 Å². The zero-order valence-corrected chi connectivity index (χ0v) is 54.6. The summed E-state index contributed by atoms with van der Waals surface area (Å²) in [6.45, 7) is 5.84. The third kappa shape index (κ3) is 47.8. The van der Waals surface area contributed by atoms with Crippen molar-refractivity contribution >= 4 is 11.9 Å². The van der Waals surface area contributed by atoms with Gasteiger partial charge in [0.05, 0.1) is 25.4 Å². The highest BCUT2D eigenvalue weighted by molar-refractivity contribution is 5.80. The number of allylic oxidation sites excluding steroid dienone is 3. The first-order valence-electron chi connectivity index (χ1n) is 36.1. The average molecular weight is 1180 g/mol. The summed E-state index contributed by atoms with van der Waals surface area (Å²) in [7, 11) is 0. The van der Waals surface area contributed by atoms with E-state index in [9.17, 15) is 35.1 Å². The van der Waals surface area contributed by atoms with E-state index < -0.39 is 67.4 Å². The van der Waals surface area contributed by atoms with Crippen LogP contribution >= 0.6 is 0 Å². The lowest BCUT2D eigenvalue weighted by atomic mass is 9.99. The molecule has 1 rings (SSSR count). The molecule has 0 saturated carbocycles. The Bertz CT molecular complexity index is 1450. The number of ether oxygens (including phenoxy) is 3. The minimum Gasteiger partial charge on any atom is -0.454 e. The largest absolute Gasteiger partial charge is 0.454 e. The standard InChI is InChI=1S/C72H137NO10/c1-4-7-10-13-16-19-22-24-26-28-30-32-33-34-36-38-40-42-45-48-51-54-57-60-67(77)83-70-69(79)68(78)66(61-74)82-72(70)81-62-63(64(75)58-55-52-49-46-43-21-18-15-12-9-6-3)73-71(80)65(76)59-56-53-50-47-44-41-39-37-35-31-29-27-25-23-20-17-14-11-8-5-2/h25,27,55,58,63-66,68-70,72,74-76,78-79H,4-24,26,28-54,56-57,59-62H2,1-3H3,(H,73,80)/b27-25+,58-55+. The molecule has 1 amide bonds. The average Bonchev–Trinajstić information content (AvgIpc) is 3.61. The van der Waals surface area contributed by atoms with Gasteiger partial charge in [-0.3, -0.25) is 9.59 Å². The van der Waals surface area contributed by atoms with Crippen molar-refractivity contribution in [3.05, 3.63) is 24.3 Å². The minimum atomic E-state index is -1.61. The number of hydrogen-bond acceptors (Lipinski definition) is 10. The summed E-state index contributed by atoms with van der Waals surface area (Å²) in [5.74, 6) is -1.18. The van der Waals surface area contributed by atoms with Gasteiger partial charge in [0.1, 0.15) is 24.4 Å². The highest BCUT2D eigenvalue weighted by Gasteiger charge is 2.47. The molecule has 1 saturated heterocycles. The summed E-state index contributed by atoms with van der Waals surface area (Å²) in [6, 6.07) is -1.02. The molecule has 8 atom stereocenters. The Kier molecular flexibility index (Phi) is 57.6. The topological polar surface area (TPSA) is 175 Å². The fraction of sp³-hybridized carbons (Fsp3) is 0.917. The van der Waals surface area contributed by atoms with Crippen molar-refractivity contribution in [2.24, 2.45) is 0 Å². The molecule has 6 N–H and O–H groups in total. The van der Waals surface area contributed by atoms with Gasteiger partial charge in [0, 0.05) is 6.42 Å². The van der Waals surface area contributed by atoms with Crippen LogP contribution in [0.5, 0.6) is 0 Å². The molecule has 0 bridgehead atoms. The van der Waals surface area contributed by atoms with Gasteiger partial charge in [-0.05, 0) is 51.4 Å². The van der Waals surface area contributed by atoms with Crippen LogP contribution in [0.3, 0.4) is 0 Å². The fourth-order valence-corrected chi connectivity index (χ4v) is 11.7. The van der Waals surface area contributed by atoms with E-state index in [1.165, 1.54) is 257 Å². The van der Waals surface area contributed by atoms with E-state index in [0.29, 0.717) is 19.3 Å². The first kappa shape index (κ1) is 79.2. The van der Waals surface area contributed by atoms with E-state index in [2.05, 4.69) is 38.2 Å². The van der Waals surface area contributed by atoms with Gasteiger partial charge in [-0.25, -0.2) is 0 Å². The van der Waals surface area contributed by atoms with Gasteiger partial charge in [0.25, 0.3) is 0 Å². The van der Waals surface area contributed by atoms with E-state index in [0.717, 1.165) is 57.8 Å². The molecule has 1 heterocycles. The number of unbranched alkanes of at least 4 members (excludes halogenated alkanes) is 47. The molecular weight excluding hydrogens is 1040 g/mol. The van der Waals surface area contributed by atoms with Crippen molar-refractivity contribution in [3.8, 4) is 0 Å². The van der Waals surface area contributed by atoms with Crippen LogP contribution in [0, 0.1) is 0 Å². The second-order valence-electron chi connectivity index (χ2n) is 25.3. The van der Waals surface area contributed by atoms with E-state index in [-0.39, 0.29) is 13.0 Å². The zero-order valence-electron chi connectivity index (χ0n) is 54.6. The van der Waals surface area contributed by atoms with Gasteiger partial charge in [-0.2, -0.15) is 0 Å². The number of aliphatic hydroxyl groups excluding tert-OH is 5. The van der Waals surface area contributed by atoms with Gasteiger partial charge >= 0.3 is 5.97 Å². The van der Waals surface area contributed by atoms with Crippen molar-refractivity contribution in [1.29, 1.82) is 0 Å². The highest BCUT2D eigenvalue weighted by Crippen LogP contribution is 2.26. The van der Waals surface area contributed by atoms with E-state index in [1.54, 1.807) is 6.08 Å². The molecule has 0 aromatic heterocycles. The molecule has 1 aliphatic heterocycles.